The van der Waals surface area contributed by atoms with Crippen molar-refractivity contribution in [2.24, 2.45) is 0 Å². The minimum absolute atomic E-state index is 0.00810. The van der Waals surface area contributed by atoms with Gasteiger partial charge in [0.15, 0.2) is 10.0 Å². The van der Waals surface area contributed by atoms with Crippen molar-refractivity contribution in [2.75, 3.05) is 0 Å². The zero-order valence-corrected chi connectivity index (χ0v) is 10.3. The molecule has 0 amide bonds. The summed E-state index contributed by atoms with van der Waals surface area (Å²) < 4.78 is 1.47. The topological polar surface area (TPSA) is 80.9 Å². The Hall–Kier alpha value is -1.99. The molecule has 2 aromatic heterocycles. The summed E-state index contributed by atoms with van der Waals surface area (Å²) in [7, 11) is 0. The van der Waals surface area contributed by atoms with Crippen LogP contribution in [0.1, 0.15) is 9.67 Å². The molecule has 1 aromatic carbocycles. The highest BCUT2D eigenvalue weighted by Crippen LogP contribution is 2.27. The molecule has 3 rings (SSSR count). The highest BCUT2D eigenvalue weighted by atomic mass is 35.5. The highest BCUT2D eigenvalue weighted by Gasteiger charge is 2.18. The maximum atomic E-state index is 10.9. The molecule has 0 unspecified atom stereocenters. The van der Waals surface area contributed by atoms with Gasteiger partial charge in [-0.25, -0.2) is 9.78 Å². The summed E-state index contributed by atoms with van der Waals surface area (Å²) >= 11 is 6.72. The van der Waals surface area contributed by atoms with Crippen LogP contribution < -0.4 is 0 Å². The van der Waals surface area contributed by atoms with Gasteiger partial charge in [-0.3, -0.25) is 0 Å². The number of carbonyl (C=O) groups is 1. The molecule has 0 saturated heterocycles. The molecule has 0 aliphatic heterocycles. The SMILES string of the molecule is O=C(O)c1sc(-n2nnc3ccccc32)nc1Cl. The zero-order valence-electron chi connectivity index (χ0n) is 8.74. The van der Waals surface area contributed by atoms with Crippen molar-refractivity contribution in [2.45, 2.75) is 0 Å². The number of hydrogen-bond acceptors (Lipinski definition) is 5. The number of halogens is 1. The molecule has 0 radical (unpaired) electrons. The summed E-state index contributed by atoms with van der Waals surface area (Å²) in [6.07, 6.45) is 0. The second-order valence-electron chi connectivity index (χ2n) is 3.41. The monoisotopic (exact) mass is 280 g/mol. The maximum Gasteiger partial charge on any atom is 0.349 e. The molecule has 2 heterocycles. The summed E-state index contributed by atoms with van der Waals surface area (Å²) in [6.45, 7) is 0. The Morgan fingerprint density at radius 1 is 1.39 bits per heavy atom. The lowest BCUT2D eigenvalue weighted by molar-refractivity contribution is 0.0702. The molecule has 0 saturated carbocycles. The van der Waals surface area contributed by atoms with E-state index in [2.05, 4.69) is 15.3 Å². The van der Waals surface area contributed by atoms with Crippen molar-refractivity contribution in [3.8, 4) is 5.13 Å². The van der Waals surface area contributed by atoms with E-state index in [1.54, 1.807) is 0 Å². The summed E-state index contributed by atoms with van der Waals surface area (Å²) in [5.74, 6) is -1.10. The first-order valence-electron chi connectivity index (χ1n) is 4.87. The minimum atomic E-state index is -1.10. The van der Waals surface area contributed by atoms with Gasteiger partial charge in [0.1, 0.15) is 5.52 Å². The van der Waals surface area contributed by atoms with Crippen molar-refractivity contribution < 1.29 is 9.90 Å². The first kappa shape index (κ1) is 11.1. The smallest absolute Gasteiger partial charge is 0.349 e. The molecular weight excluding hydrogens is 276 g/mol. The average Bonchev–Trinajstić information content (AvgIpc) is 2.92. The third-order valence-electron chi connectivity index (χ3n) is 2.30. The molecule has 8 heteroatoms. The molecule has 3 aromatic rings. The molecule has 0 aliphatic rings. The number of carboxylic acids is 1. The molecule has 0 aliphatic carbocycles. The molecule has 0 fully saturated rings. The van der Waals surface area contributed by atoms with Crippen molar-refractivity contribution in [1.29, 1.82) is 0 Å². The fourth-order valence-electron chi connectivity index (χ4n) is 1.52. The number of aromatic carboxylic acids is 1. The number of para-hydroxylation sites is 1. The first-order chi connectivity index (χ1) is 8.66. The Balaban J connectivity index is 2.20. The van der Waals surface area contributed by atoms with Crippen LogP contribution in [0.25, 0.3) is 16.2 Å². The van der Waals surface area contributed by atoms with Crippen LogP contribution in [0.15, 0.2) is 24.3 Å². The third-order valence-corrected chi connectivity index (χ3v) is 3.71. The summed E-state index contributed by atoms with van der Waals surface area (Å²) in [5, 5.41) is 17.2. The molecule has 6 nitrogen and oxygen atoms in total. The van der Waals surface area contributed by atoms with Crippen LogP contribution in [0.4, 0.5) is 0 Å². The van der Waals surface area contributed by atoms with E-state index in [1.165, 1.54) is 4.68 Å². The van der Waals surface area contributed by atoms with Crippen LogP contribution in [-0.4, -0.2) is 31.1 Å². The lowest BCUT2D eigenvalue weighted by Gasteiger charge is -1.94. The number of fused-ring (bicyclic) bond motifs is 1. The molecule has 0 atom stereocenters. The number of carboxylic acid groups (broad SMARTS) is 1. The zero-order chi connectivity index (χ0) is 12.7. The van der Waals surface area contributed by atoms with Gasteiger partial charge in [-0.05, 0) is 12.1 Å². The van der Waals surface area contributed by atoms with Crippen LogP contribution in [0.3, 0.4) is 0 Å². The van der Waals surface area contributed by atoms with Gasteiger partial charge in [0.25, 0.3) is 0 Å². The summed E-state index contributed by atoms with van der Waals surface area (Å²) in [6, 6.07) is 7.33. The first-order valence-corrected chi connectivity index (χ1v) is 6.06. The van der Waals surface area contributed by atoms with E-state index in [-0.39, 0.29) is 10.0 Å². The molecule has 0 bridgehead atoms. The van der Waals surface area contributed by atoms with Crippen LogP contribution in [0.5, 0.6) is 0 Å². The summed E-state index contributed by atoms with van der Waals surface area (Å²) in [4.78, 5) is 14.9. The van der Waals surface area contributed by atoms with E-state index in [9.17, 15) is 4.79 Å². The standard InChI is InChI=1S/C10H5ClN4O2S/c11-8-7(9(16)17)18-10(12-8)15-6-4-2-1-3-5(6)13-14-15/h1-4H,(H,16,17). The van der Waals surface area contributed by atoms with Crippen molar-refractivity contribution in [3.05, 3.63) is 34.3 Å². The second kappa shape index (κ2) is 4.04. The van der Waals surface area contributed by atoms with E-state index >= 15 is 0 Å². The maximum absolute atomic E-state index is 10.9. The average molecular weight is 281 g/mol. The molecule has 0 spiro atoms. The van der Waals surface area contributed by atoms with Crippen LogP contribution >= 0.6 is 22.9 Å². The van der Waals surface area contributed by atoms with E-state index in [4.69, 9.17) is 16.7 Å². The van der Waals surface area contributed by atoms with E-state index in [0.717, 1.165) is 16.9 Å². The van der Waals surface area contributed by atoms with Gasteiger partial charge >= 0.3 is 5.97 Å². The van der Waals surface area contributed by atoms with E-state index < -0.39 is 5.97 Å². The summed E-state index contributed by atoms with van der Waals surface area (Å²) in [5.41, 5.74) is 1.46. The largest absolute Gasteiger partial charge is 0.477 e. The quantitative estimate of drug-likeness (QED) is 0.778. The molecule has 18 heavy (non-hydrogen) atoms. The fraction of sp³-hybridized carbons (Fsp3) is 0. The van der Waals surface area contributed by atoms with Gasteiger partial charge in [0.2, 0.25) is 5.13 Å². The predicted molar refractivity (Wildman–Crippen MR) is 66.5 cm³/mol. The molecule has 1 N–H and O–H groups in total. The van der Waals surface area contributed by atoms with Gasteiger partial charge in [0, 0.05) is 0 Å². The van der Waals surface area contributed by atoms with Gasteiger partial charge in [-0.15, -0.1) is 5.10 Å². The third kappa shape index (κ3) is 1.64. The Morgan fingerprint density at radius 2 is 2.17 bits per heavy atom. The van der Waals surface area contributed by atoms with Gasteiger partial charge in [-0.1, -0.05) is 40.3 Å². The highest BCUT2D eigenvalue weighted by molar-refractivity contribution is 7.16. The number of hydrogen-bond donors (Lipinski definition) is 1. The van der Waals surface area contributed by atoms with Crippen molar-refractivity contribution in [1.82, 2.24) is 20.0 Å². The number of rotatable bonds is 2. The normalized spacial score (nSPS) is 10.9. The molecular formula is C10H5ClN4O2S. The number of thiazole rings is 1. The fourth-order valence-corrected chi connectivity index (χ4v) is 2.61. The van der Waals surface area contributed by atoms with E-state index in [0.29, 0.717) is 10.6 Å². The van der Waals surface area contributed by atoms with Crippen LogP contribution in [0, 0.1) is 0 Å². The Bertz CT molecular complexity index is 751. The Labute approximate surface area is 109 Å². The lowest BCUT2D eigenvalue weighted by Crippen LogP contribution is -1.95. The number of benzene rings is 1. The van der Waals surface area contributed by atoms with Crippen molar-refractivity contribution in [3.63, 3.8) is 0 Å². The van der Waals surface area contributed by atoms with Crippen LogP contribution in [0.2, 0.25) is 5.15 Å². The van der Waals surface area contributed by atoms with Gasteiger partial charge in [0.05, 0.1) is 5.52 Å². The van der Waals surface area contributed by atoms with Gasteiger partial charge < -0.3 is 5.11 Å². The second-order valence-corrected chi connectivity index (χ2v) is 4.75. The minimum Gasteiger partial charge on any atom is -0.477 e. The number of aromatic nitrogens is 4. The lowest BCUT2D eigenvalue weighted by atomic mass is 10.3. The predicted octanol–water partition coefficient (Wildman–Crippen LogP) is 2.23. The Kier molecular flexibility index (Phi) is 2.49. The van der Waals surface area contributed by atoms with Gasteiger partial charge in [-0.2, -0.15) is 4.68 Å². The molecule has 90 valence electrons. The van der Waals surface area contributed by atoms with Crippen molar-refractivity contribution >= 4 is 39.9 Å². The van der Waals surface area contributed by atoms with E-state index in [1.807, 2.05) is 24.3 Å². The number of nitrogens with zero attached hydrogens (tertiary/aromatic N) is 4. The van der Waals surface area contributed by atoms with Crippen LogP contribution in [-0.2, 0) is 0 Å². The Morgan fingerprint density at radius 3 is 2.89 bits per heavy atom.